The van der Waals surface area contributed by atoms with Gasteiger partial charge in [0.15, 0.2) is 0 Å². The predicted octanol–water partition coefficient (Wildman–Crippen LogP) is 27.5. The summed E-state index contributed by atoms with van der Waals surface area (Å²) in [6.45, 7) is 0. The molecule has 16 aromatic carbocycles. The summed E-state index contributed by atoms with van der Waals surface area (Å²) in [7, 11) is 0. The quantitative estimate of drug-likeness (QED) is 0.140. The summed E-state index contributed by atoms with van der Waals surface area (Å²) in [6, 6.07) is 138. The monoisotopic (exact) mass is 1340 g/mol. The van der Waals surface area contributed by atoms with E-state index in [-0.39, 0.29) is 14.9 Å². The molecule has 0 bridgehead atoms. The van der Waals surface area contributed by atoms with Crippen LogP contribution in [0.4, 0.5) is 28.4 Å². The molecule has 0 aliphatic carbocycles. The molecule has 18 aromatic rings. The van der Waals surface area contributed by atoms with Gasteiger partial charge < -0.3 is 19.4 Å². The zero-order valence-corrected chi connectivity index (χ0v) is 54.8. The van der Waals surface area contributed by atoms with Crippen molar-refractivity contribution in [2.75, 3.05) is 10.2 Å². The van der Waals surface area contributed by atoms with Crippen molar-refractivity contribution in [3.8, 4) is 55.9 Å². The molecule has 4 nitrogen and oxygen atoms in total. The van der Waals surface area contributed by atoms with Gasteiger partial charge in [-0.25, -0.2) is 0 Å². The summed E-state index contributed by atoms with van der Waals surface area (Å²) in [5.41, 5.74) is 22.4. The average Bonchev–Trinajstić information content (AvgIpc) is 1.59. The van der Waals surface area contributed by atoms with Crippen molar-refractivity contribution in [1.29, 1.82) is 0 Å². The molecule has 0 fully saturated rings. The van der Waals surface area contributed by atoms with E-state index < -0.39 is 0 Å². The third-order valence-electron chi connectivity index (χ3n) is 18.3. The minimum Gasteiger partial charge on any atom is -0.356 e. The Morgan fingerprint density at radius 3 is 0.970 bits per heavy atom. The highest BCUT2D eigenvalue weighted by atomic mass is 79.9. The van der Waals surface area contributed by atoms with Crippen molar-refractivity contribution in [1.82, 2.24) is 9.13 Å². The molecule has 99 heavy (non-hydrogen) atoms. The van der Waals surface area contributed by atoms with Crippen LogP contribution in [0.5, 0.6) is 0 Å². The first-order valence-electron chi connectivity index (χ1n) is 32.9. The average molecular weight is 1340 g/mol. The molecule has 0 spiro atoms. The Balaban J connectivity index is 0.000000152. The SMILES string of the molecule is Brc1ccccc1.C.C.c1ccc(-c2ccc(N(c3ccccc3)c3ccc(-c4ccccc4-n4c5ccccc5c5ccc6ccccc6c54)cc3)cc2)cc1.c1ccc(-c2ccc(Nc3ccc(-c4ccccc4-n4c5ccccc5c5ccc6ccccc6c54)cc3)cc2)cc1. The van der Waals surface area contributed by atoms with Gasteiger partial charge in [-0.2, -0.15) is 0 Å². The smallest absolute Gasteiger partial charge is 0.0619 e. The number of fused-ring (bicyclic) bond motifs is 10. The summed E-state index contributed by atoms with van der Waals surface area (Å²) in [5, 5.41) is 13.7. The van der Waals surface area contributed by atoms with Gasteiger partial charge in [-0.05, 0) is 141 Å². The summed E-state index contributed by atoms with van der Waals surface area (Å²) < 4.78 is 6.04. The van der Waals surface area contributed by atoms with Crippen molar-refractivity contribution >= 4 is 110 Å². The van der Waals surface area contributed by atoms with Crippen LogP contribution in [0.15, 0.2) is 393 Å². The lowest BCUT2D eigenvalue weighted by Crippen LogP contribution is -2.09. The van der Waals surface area contributed by atoms with E-state index in [0.717, 1.165) is 32.9 Å². The van der Waals surface area contributed by atoms with Crippen molar-refractivity contribution in [3.05, 3.63) is 393 Å². The number of anilines is 5. The molecular weight excluding hydrogens is 1260 g/mol. The lowest BCUT2D eigenvalue weighted by molar-refractivity contribution is 1.19. The maximum Gasteiger partial charge on any atom is 0.0619 e. The minimum atomic E-state index is 0. The van der Waals surface area contributed by atoms with Gasteiger partial charge in [-0.1, -0.05) is 322 Å². The number of aromatic nitrogens is 2. The fourth-order valence-electron chi connectivity index (χ4n) is 13.7. The molecule has 0 atom stereocenters. The van der Waals surface area contributed by atoms with Gasteiger partial charge in [0.1, 0.15) is 0 Å². The first-order valence-corrected chi connectivity index (χ1v) is 33.7. The molecule has 5 heteroatoms. The molecule has 0 amide bonds. The zero-order valence-electron chi connectivity index (χ0n) is 53.2. The van der Waals surface area contributed by atoms with Crippen LogP contribution in [0.25, 0.3) is 121 Å². The summed E-state index contributed by atoms with van der Waals surface area (Å²) in [5.74, 6) is 0. The molecule has 0 unspecified atom stereocenters. The fraction of sp³-hybridized carbons (Fsp3) is 0.0213. The van der Waals surface area contributed by atoms with E-state index in [1.165, 1.54) is 121 Å². The second-order valence-electron chi connectivity index (χ2n) is 24.2. The van der Waals surface area contributed by atoms with Crippen LogP contribution < -0.4 is 10.2 Å². The van der Waals surface area contributed by atoms with E-state index >= 15 is 0 Å². The molecule has 0 radical (unpaired) electrons. The van der Waals surface area contributed by atoms with E-state index in [9.17, 15) is 0 Å². The highest BCUT2D eigenvalue weighted by molar-refractivity contribution is 9.10. The topological polar surface area (TPSA) is 25.1 Å². The highest BCUT2D eigenvalue weighted by Crippen LogP contribution is 2.43. The first kappa shape index (κ1) is 64.1. The Kier molecular flexibility index (Phi) is 18.8. The van der Waals surface area contributed by atoms with Gasteiger partial charge in [0.2, 0.25) is 0 Å². The van der Waals surface area contributed by atoms with Gasteiger partial charge >= 0.3 is 0 Å². The standard InChI is InChI=1S/C46H32N2.C40H28N2.C6H5Br.2CH4/c1-3-13-33(14-4-1)34-23-28-38(29-24-34)47(37-16-5-2-6-17-37)39-30-25-36(26-31-39)40-18-9-11-21-44(40)48-45-22-12-10-20-42(45)43-32-27-35-15-7-8-19-41(35)46(43)48;1-2-10-28(11-3-1)29-18-23-32(24-19-29)41-33-25-20-31(21-26-33)34-13-6-8-16-38(34)42-39-17-9-7-15-36(39)37-27-22-30-12-4-5-14-35(30)40(37)42;7-6-4-2-1-3-5-6;;/h1-32H;1-27,41H;1-5H;2*1H4. The number of hydrogen-bond donors (Lipinski definition) is 1. The summed E-state index contributed by atoms with van der Waals surface area (Å²) in [4.78, 5) is 2.32. The number of rotatable bonds is 11. The molecule has 2 heterocycles. The third-order valence-corrected chi connectivity index (χ3v) is 18.8. The van der Waals surface area contributed by atoms with E-state index in [2.05, 4.69) is 387 Å². The van der Waals surface area contributed by atoms with Gasteiger partial charge in [0.05, 0.1) is 33.4 Å². The molecule has 2 aromatic heterocycles. The van der Waals surface area contributed by atoms with Crippen LogP contribution in [-0.4, -0.2) is 9.13 Å². The first-order chi connectivity index (χ1) is 48.1. The summed E-state index contributed by atoms with van der Waals surface area (Å²) >= 11 is 3.31. The Morgan fingerprint density at radius 1 is 0.232 bits per heavy atom. The normalized spacial score (nSPS) is 10.9. The lowest BCUT2D eigenvalue weighted by atomic mass is 10.0. The van der Waals surface area contributed by atoms with Crippen LogP contribution in [0.1, 0.15) is 14.9 Å². The molecule has 0 aliphatic heterocycles. The Morgan fingerprint density at radius 2 is 0.545 bits per heavy atom. The van der Waals surface area contributed by atoms with E-state index in [4.69, 9.17) is 0 Å². The second-order valence-corrected chi connectivity index (χ2v) is 25.1. The van der Waals surface area contributed by atoms with Crippen LogP contribution >= 0.6 is 15.9 Å². The summed E-state index contributed by atoms with van der Waals surface area (Å²) in [6.07, 6.45) is 0. The van der Waals surface area contributed by atoms with Crippen LogP contribution in [-0.2, 0) is 0 Å². The van der Waals surface area contributed by atoms with E-state index in [1.807, 2.05) is 36.4 Å². The highest BCUT2D eigenvalue weighted by Gasteiger charge is 2.21. The van der Waals surface area contributed by atoms with E-state index in [0.29, 0.717) is 0 Å². The lowest BCUT2D eigenvalue weighted by Gasteiger charge is -2.26. The number of benzene rings is 16. The van der Waals surface area contributed by atoms with Crippen LogP contribution in [0.2, 0.25) is 0 Å². The zero-order chi connectivity index (χ0) is 64.9. The maximum absolute atomic E-state index is 3.57. The van der Waals surface area contributed by atoms with Crippen molar-refractivity contribution in [2.24, 2.45) is 0 Å². The van der Waals surface area contributed by atoms with Crippen molar-refractivity contribution < 1.29 is 0 Å². The van der Waals surface area contributed by atoms with Gasteiger partial charge in [-0.3, -0.25) is 0 Å². The fourth-order valence-corrected chi connectivity index (χ4v) is 14.0. The Hall–Kier alpha value is -12.3. The number of halogens is 1. The van der Waals surface area contributed by atoms with Gasteiger partial charge in [0.25, 0.3) is 0 Å². The number of nitrogens with zero attached hydrogens (tertiary/aromatic N) is 3. The molecule has 0 aliphatic rings. The minimum absolute atomic E-state index is 0. The number of hydrogen-bond acceptors (Lipinski definition) is 2. The van der Waals surface area contributed by atoms with Crippen LogP contribution in [0, 0.1) is 0 Å². The van der Waals surface area contributed by atoms with Crippen molar-refractivity contribution in [2.45, 2.75) is 14.9 Å². The maximum atomic E-state index is 3.57. The second kappa shape index (κ2) is 29.0. The molecule has 18 rings (SSSR count). The molecule has 0 saturated carbocycles. The molecule has 1 N–H and O–H groups in total. The Labute approximate surface area is 588 Å². The van der Waals surface area contributed by atoms with Gasteiger partial charge in [-0.15, -0.1) is 0 Å². The van der Waals surface area contributed by atoms with Crippen molar-refractivity contribution in [3.63, 3.8) is 0 Å². The van der Waals surface area contributed by atoms with Crippen LogP contribution in [0.3, 0.4) is 0 Å². The third kappa shape index (κ3) is 12.9. The largest absolute Gasteiger partial charge is 0.356 e. The van der Waals surface area contributed by atoms with Gasteiger partial charge in [0, 0.05) is 76.4 Å². The molecule has 476 valence electrons. The van der Waals surface area contributed by atoms with E-state index in [1.54, 1.807) is 0 Å². The molecular formula is C94H73BrN4. The Bertz CT molecular complexity index is 5750. The predicted molar refractivity (Wildman–Crippen MR) is 430 cm³/mol. The number of nitrogens with one attached hydrogen (secondary N) is 1. The number of para-hydroxylation sites is 5. The molecule has 0 saturated heterocycles.